The molecule has 0 spiro atoms. The second kappa shape index (κ2) is 12.4. The number of hydrogen-bond acceptors (Lipinski definition) is 6. The number of aryl methyl sites for hydroxylation is 2. The zero-order valence-electron chi connectivity index (χ0n) is 20.8. The number of aliphatic hydroxyl groups is 2. The molecule has 1 heterocycles. The molecule has 1 aliphatic heterocycles. The quantitative estimate of drug-likeness (QED) is 0.335. The van der Waals surface area contributed by atoms with Crippen molar-refractivity contribution in [3.05, 3.63) is 82.2 Å². The Kier molecular flexibility index (Phi) is 9.32. The molecular weight excluding hydrogens is 476 g/mol. The van der Waals surface area contributed by atoms with Crippen molar-refractivity contribution in [2.45, 2.75) is 51.7 Å². The summed E-state index contributed by atoms with van der Waals surface area (Å²) in [6.45, 7) is 4.83. The molecule has 2 aliphatic carbocycles. The Bertz CT molecular complexity index is 1170. The SMILES string of the molecule is CCc1cc2c(cc1CC)CC(NC[C@H](O)C1=CC=C(O)C3=NC(=O)C=CC13)C2.O=C(O)/C=C\C(=O)O. The van der Waals surface area contributed by atoms with Gasteiger partial charge in [0, 0.05) is 36.7 Å². The average Bonchev–Trinajstić information content (AvgIpc) is 3.27. The average molecular weight is 509 g/mol. The molecular formula is C28H32N2O7. The largest absolute Gasteiger partial charge is 0.506 e. The lowest BCUT2D eigenvalue weighted by Gasteiger charge is -2.28. The highest BCUT2D eigenvalue weighted by Crippen LogP contribution is 2.29. The fraction of sp³-hybridized carbons (Fsp3) is 0.357. The van der Waals surface area contributed by atoms with E-state index >= 15 is 0 Å². The van der Waals surface area contributed by atoms with Gasteiger partial charge in [0.15, 0.2) is 0 Å². The predicted molar refractivity (Wildman–Crippen MR) is 139 cm³/mol. The molecule has 3 aliphatic rings. The normalized spacial score (nSPS) is 19.3. The van der Waals surface area contributed by atoms with Crippen molar-refractivity contribution in [3.63, 3.8) is 0 Å². The Morgan fingerprint density at radius 3 is 2.14 bits per heavy atom. The molecule has 196 valence electrons. The van der Waals surface area contributed by atoms with Gasteiger partial charge in [0.2, 0.25) is 0 Å². The third-order valence-corrected chi connectivity index (χ3v) is 6.58. The number of carbonyl (C=O) groups is 3. The number of aliphatic imine (C=N–C) groups is 1. The number of aliphatic hydroxyl groups excluding tert-OH is 2. The maximum atomic E-state index is 11.5. The van der Waals surface area contributed by atoms with E-state index in [9.17, 15) is 24.6 Å². The van der Waals surface area contributed by atoms with Crippen LogP contribution in [0.25, 0.3) is 0 Å². The van der Waals surface area contributed by atoms with Gasteiger partial charge in [-0.25, -0.2) is 14.6 Å². The van der Waals surface area contributed by atoms with Crippen molar-refractivity contribution in [2.24, 2.45) is 10.9 Å². The first kappa shape index (κ1) is 27.8. The van der Waals surface area contributed by atoms with Crippen LogP contribution in [0, 0.1) is 5.92 Å². The number of nitrogens with one attached hydrogen (secondary N) is 1. The monoisotopic (exact) mass is 508 g/mol. The first-order valence-electron chi connectivity index (χ1n) is 12.2. The molecule has 0 aromatic heterocycles. The number of nitrogens with zero attached hydrogens (tertiary/aromatic N) is 1. The number of carbonyl (C=O) groups excluding carboxylic acids is 1. The number of rotatable bonds is 8. The number of amides is 1. The molecule has 0 bridgehead atoms. The third-order valence-electron chi connectivity index (χ3n) is 6.58. The van der Waals surface area contributed by atoms with Crippen molar-refractivity contribution < 1.29 is 34.8 Å². The molecule has 4 rings (SSSR count). The number of aliphatic carboxylic acids is 2. The minimum Gasteiger partial charge on any atom is -0.506 e. The highest BCUT2D eigenvalue weighted by atomic mass is 16.4. The first-order chi connectivity index (χ1) is 17.6. The van der Waals surface area contributed by atoms with Crippen LogP contribution in [-0.4, -0.2) is 62.7 Å². The summed E-state index contributed by atoms with van der Waals surface area (Å²) in [6, 6.07) is 5.02. The van der Waals surface area contributed by atoms with Gasteiger partial charge >= 0.3 is 11.9 Å². The fourth-order valence-electron chi connectivity index (χ4n) is 4.78. The van der Waals surface area contributed by atoms with Crippen LogP contribution in [0.3, 0.4) is 0 Å². The van der Waals surface area contributed by atoms with Crippen LogP contribution in [0.2, 0.25) is 0 Å². The van der Waals surface area contributed by atoms with Crippen LogP contribution in [-0.2, 0) is 40.1 Å². The highest BCUT2D eigenvalue weighted by molar-refractivity contribution is 6.13. The second-order valence-corrected chi connectivity index (χ2v) is 9.03. The van der Waals surface area contributed by atoms with Gasteiger partial charge in [0.1, 0.15) is 5.76 Å². The molecule has 1 unspecified atom stereocenters. The second-order valence-electron chi connectivity index (χ2n) is 9.03. The fourth-order valence-corrected chi connectivity index (χ4v) is 4.78. The minimum absolute atomic E-state index is 0.0127. The molecule has 9 heteroatoms. The van der Waals surface area contributed by atoms with Gasteiger partial charge in [-0.3, -0.25) is 4.79 Å². The molecule has 5 N–H and O–H groups in total. The zero-order chi connectivity index (χ0) is 27.1. The maximum Gasteiger partial charge on any atom is 0.328 e. The molecule has 37 heavy (non-hydrogen) atoms. The number of carboxylic acids is 2. The maximum absolute atomic E-state index is 11.5. The number of carboxylic acid groups (broad SMARTS) is 2. The Morgan fingerprint density at radius 1 is 1.05 bits per heavy atom. The van der Waals surface area contributed by atoms with Gasteiger partial charge in [-0.1, -0.05) is 38.1 Å². The van der Waals surface area contributed by atoms with E-state index in [1.54, 1.807) is 12.2 Å². The van der Waals surface area contributed by atoms with Gasteiger partial charge in [-0.2, -0.15) is 0 Å². The van der Waals surface area contributed by atoms with Crippen molar-refractivity contribution in [3.8, 4) is 0 Å². The van der Waals surface area contributed by atoms with Crippen molar-refractivity contribution in [2.75, 3.05) is 6.54 Å². The lowest BCUT2D eigenvalue weighted by Crippen LogP contribution is -2.39. The number of hydrogen-bond donors (Lipinski definition) is 5. The van der Waals surface area contributed by atoms with Crippen LogP contribution in [0.4, 0.5) is 0 Å². The van der Waals surface area contributed by atoms with Gasteiger partial charge in [-0.15, -0.1) is 0 Å². The summed E-state index contributed by atoms with van der Waals surface area (Å²) < 4.78 is 0. The lowest BCUT2D eigenvalue weighted by molar-refractivity contribution is -0.134. The Morgan fingerprint density at radius 2 is 1.62 bits per heavy atom. The van der Waals surface area contributed by atoms with Crippen LogP contribution >= 0.6 is 0 Å². The Labute approximate surface area is 215 Å². The van der Waals surface area contributed by atoms with Crippen LogP contribution in [0.1, 0.15) is 36.1 Å². The van der Waals surface area contributed by atoms with Crippen molar-refractivity contribution >= 4 is 23.6 Å². The Balaban J connectivity index is 0.000000414. The summed E-state index contributed by atoms with van der Waals surface area (Å²) in [5, 5.41) is 39.9. The molecule has 1 aromatic carbocycles. The summed E-state index contributed by atoms with van der Waals surface area (Å²) in [5.41, 5.74) is 6.78. The van der Waals surface area contributed by atoms with Gasteiger partial charge < -0.3 is 25.7 Å². The first-order valence-corrected chi connectivity index (χ1v) is 12.2. The zero-order valence-corrected chi connectivity index (χ0v) is 20.8. The minimum atomic E-state index is -1.26. The molecule has 9 nitrogen and oxygen atoms in total. The molecule has 1 aromatic rings. The van der Waals surface area contributed by atoms with E-state index in [2.05, 4.69) is 36.3 Å². The number of dihydropyridines is 1. The molecule has 2 atom stereocenters. The molecule has 0 saturated carbocycles. The van der Waals surface area contributed by atoms with E-state index in [1.807, 2.05) is 0 Å². The highest BCUT2D eigenvalue weighted by Gasteiger charge is 2.32. The van der Waals surface area contributed by atoms with E-state index in [-0.39, 0.29) is 17.6 Å². The van der Waals surface area contributed by atoms with E-state index in [1.165, 1.54) is 34.4 Å². The van der Waals surface area contributed by atoms with Gasteiger partial charge in [0.25, 0.3) is 5.91 Å². The predicted octanol–water partition coefficient (Wildman–Crippen LogP) is 2.48. The van der Waals surface area contributed by atoms with E-state index < -0.39 is 18.0 Å². The third kappa shape index (κ3) is 7.12. The van der Waals surface area contributed by atoms with Crippen LogP contribution in [0.15, 0.2) is 64.9 Å². The van der Waals surface area contributed by atoms with Crippen LogP contribution < -0.4 is 5.32 Å². The summed E-state index contributed by atoms with van der Waals surface area (Å²) in [6.07, 6.45) is 10.8. The van der Waals surface area contributed by atoms with Gasteiger partial charge in [-0.05, 0) is 59.6 Å². The summed E-state index contributed by atoms with van der Waals surface area (Å²) in [7, 11) is 0. The standard InChI is InChI=1S/C24H28N2O3.C4H4O4/c1-3-14-9-16-11-18(12-17(16)10-15(14)4-2)25-13-22(28)19-5-7-21(27)24-20(19)6-8-23(29)26-24;5-3(6)1-2-4(7)8/h5-10,18,20,22,25,27-28H,3-4,11-13H2,1-2H3;1-2H,(H,5,6)(H,7,8)/b;2-1-/t20?,22-;/m0./s1. The van der Waals surface area contributed by atoms with Crippen LogP contribution in [0.5, 0.6) is 0 Å². The van der Waals surface area contributed by atoms with E-state index in [0.29, 0.717) is 30.5 Å². The van der Waals surface area contributed by atoms with Crippen molar-refractivity contribution in [1.29, 1.82) is 0 Å². The smallest absolute Gasteiger partial charge is 0.328 e. The molecule has 1 amide bonds. The van der Waals surface area contributed by atoms with E-state index in [4.69, 9.17) is 10.2 Å². The molecule has 0 saturated heterocycles. The number of benzene rings is 1. The Hall–Kier alpha value is -3.82. The van der Waals surface area contributed by atoms with Crippen molar-refractivity contribution in [1.82, 2.24) is 5.32 Å². The molecule has 0 radical (unpaired) electrons. The summed E-state index contributed by atoms with van der Waals surface area (Å²) in [5.74, 6) is -3.26. The summed E-state index contributed by atoms with van der Waals surface area (Å²) >= 11 is 0. The lowest BCUT2D eigenvalue weighted by atomic mass is 9.83. The topological polar surface area (TPSA) is 157 Å². The number of allylic oxidation sites excluding steroid dienone is 4. The molecule has 0 fully saturated rings. The van der Waals surface area contributed by atoms with Gasteiger partial charge in [0.05, 0.1) is 11.8 Å². The van der Waals surface area contributed by atoms with E-state index in [0.717, 1.165) is 31.3 Å². The number of fused-ring (bicyclic) bond motifs is 2. The summed E-state index contributed by atoms with van der Waals surface area (Å²) in [4.78, 5) is 34.6.